The fourth-order valence-electron chi connectivity index (χ4n) is 2.32. The average Bonchev–Trinajstić information content (AvgIpc) is 2.41. The topological polar surface area (TPSA) is 63.5 Å². The van der Waals surface area contributed by atoms with Crippen LogP contribution in [0.4, 0.5) is 5.69 Å². The highest BCUT2D eigenvalue weighted by Gasteiger charge is 2.21. The number of benzene rings is 1. The second kappa shape index (κ2) is 6.25. The lowest BCUT2D eigenvalue weighted by Crippen LogP contribution is -2.33. The van der Waals surface area contributed by atoms with Crippen LogP contribution in [-0.4, -0.2) is 29.2 Å². The van der Waals surface area contributed by atoms with E-state index in [0.717, 1.165) is 37.8 Å². The smallest absolute Gasteiger partial charge is 0.283 e. The molecule has 0 bridgehead atoms. The van der Waals surface area contributed by atoms with Gasteiger partial charge in [0, 0.05) is 18.5 Å². The first-order valence-electron chi connectivity index (χ1n) is 6.21. The number of likely N-dealkylation sites (tertiary alicyclic amines) is 1. The summed E-state index contributed by atoms with van der Waals surface area (Å²) in [7, 11) is 0. The van der Waals surface area contributed by atoms with Crippen LogP contribution in [-0.2, 0) is 11.3 Å². The zero-order chi connectivity index (χ0) is 13.8. The van der Waals surface area contributed by atoms with Crippen LogP contribution in [0.15, 0.2) is 22.7 Å². The molecule has 0 atom stereocenters. The molecular formula is C13H15BrN2O3. The molecule has 1 fully saturated rings. The van der Waals surface area contributed by atoms with Gasteiger partial charge in [-0.15, -0.1) is 0 Å². The number of hydrogen-bond donors (Lipinski definition) is 0. The monoisotopic (exact) mass is 326 g/mol. The Morgan fingerprint density at radius 2 is 2.11 bits per heavy atom. The first-order valence-corrected chi connectivity index (χ1v) is 7.00. The van der Waals surface area contributed by atoms with Crippen molar-refractivity contribution in [1.29, 1.82) is 0 Å². The molecule has 1 saturated heterocycles. The van der Waals surface area contributed by atoms with Crippen LogP contribution in [0, 0.1) is 16.0 Å². The minimum absolute atomic E-state index is 0.0975. The number of rotatable bonds is 4. The number of halogens is 1. The van der Waals surface area contributed by atoms with Crippen molar-refractivity contribution in [3.8, 4) is 0 Å². The quantitative estimate of drug-likeness (QED) is 0.485. The van der Waals surface area contributed by atoms with E-state index in [0.29, 0.717) is 11.0 Å². The maximum Gasteiger partial charge on any atom is 0.283 e. The van der Waals surface area contributed by atoms with Crippen LogP contribution in [0.3, 0.4) is 0 Å². The molecule has 0 saturated carbocycles. The van der Waals surface area contributed by atoms with Gasteiger partial charge in [0.15, 0.2) is 0 Å². The first-order chi connectivity index (χ1) is 9.11. The fourth-order valence-corrected chi connectivity index (χ4v) is 2.85. The number of aldehydes is 1. The summed E-state index contributed by atoms with van der Waals surface area (Å²) in [5.41, 5.74) is 1.01. The van der Waals surface area contributed by atoms with Crippen LogP contribution in [0.2, 0.25) is 0 Å². The van der Waals surface area contributed by atoms with Gasteiger partial charge in [-0.25, -0.2) is 0 Å². The number of carbonyl (C=O) groups excluding carboxylic acids is 1. The third-order valence-electron chi connectivity index (χ3n) is 3.47. The summed E-state index contributed by atoms with van der Waals surface area (Å²) in [5.74, 6) is 0.171. The molecule has 0 radical (unpaired) electrons. The Bertz CT molecular complexity index is 485. The van der Waals surface area contributed by atoms with E-state index >= 15 is 0 Å². The van der Waals surface area contributed by atoms with Crippen molar-refractivity contribution in [1.82, 2.24) is 4.90 Å². The second-order valence-electron chi connectivity index (χ2n) is 4.76. The lowest BCUT2D eigenvalue weighted by molar-refractivity contribution is -0.385. The predicted octanol–water partition coefficient (Wildman–Crippen LogP) is 2.77. The van der Waals surface area contributed by atoms with Gasteiger partial charge >= 0.3 is 0 Å². The van der Waals surface area contributed by atoms with Gasteiger partial charge in [0.1, 0.15) is 6.29 Å². The molecule has 102 valence electrons. The van der Waals surface area contributed by atoms with Crippen LogP contribution >= 0.6 is 15.9 Å². The molecule has 0 N–H and O–H groups in total. The van der Waals surface area contributed by atoms with Gasteiger partial charge in [-0.1, -0.05) is 12.1 Å². The summed E-state index contributed by atoms with van der Waals surface area (Å²) in [6, 6.07) is 5.09. The standard InChI is InChI=1S/C13H15BrN2O3/c14-13-11(2-1-3-12(13)16(18)19)8-15-6-4-10(9-17)5-7-15/h1-3,9-10H,4-8H2. The first kappa shape index (κ1) is 14.1. The van der Waals surface area contributed by atoms with Crippen LogP contribution < -0.4 is 0 Å². The van der Waals surface area contributed by atoms with Crippen LogP contribution in [0.25, 0.3) is 0 Å². The Labute approximate surface area is 119 Å². The zero-order valence-corrected chi connectivity index (χ0v) is 12.0. The largest absolute Gasteiger partial charge is 0.303 e. The summed E-state index contributed by atoms with van der Waals surface area (Å²) in [4.78, 5) is 23.4. The lowest BCUT2D eigenvalue weighted by Gasteiger charge is -2.29. The normalized spacial score (nSPS) is 17.3. The molecule has 1 aromatic rings. The maximum atomic E-state index is 10.9. The van der Waals surface area contributed by atoms with E-state index < -0.39 is 0 Å². The van der Waals surface area contributed by atoms with E-state index in [9.17, 15) is 14.9 Å². The summed E-state index contributed by atoms with van der Waals surface area (Å²) < 4.78 is 0.553. The minimum atomic E-state index is -0.383. The highest BCUT2D eigenvalue weighted by molar-refractivity contribution is 9.10. The number of nitro groups is 1. The molecular weight excluding hydrogens is 312 g/mol. The Balaban J connectivity index is 2.06. The third-order valence-corrected chi connectivity index (χ3v) is 4.39. The van der Waals surface area contributed by atoms with Gasteiger partial charge in [-0.05, 0) is 47.4 Å². The van der Waals surface area contributed by atoms with E-state index in [1.165, 1.54) is 6.07 Å². The molecule has 0 amide bonds. The highest BCUT2D eigenvalue weighted by Crippen LogP contribution is 2.29. The Hall–Kier alpha value is -1.27. The molecule has 1 heterocycles. The predicted molar refractivity (Wildman–Crippen MR) is 74.9 cm³/mol. The van der Waals surface area contributed by atoms with Gasteiger partial charge in [-0.3, -0.25) is 15.0 Å². The van der Waals surface area contributed by atoms with Crippen molar-refractivity contribution in [2.75, 3.05) is 13.1 Å². The average molecular weight is 327 g/mol. The van der Waals surface area contributed by atoms with Crippen LogP contribution in [0.5, 0.6) is 0 Å². The Morgan fingerprint density at radius 3 is 2.68 bits per heavy atom. The van der Waals surface area contributed by atoms with Crippen molar-refractivity contribution in [2.45, 2.75) is 19.4 Å². The maximum absolute atomic E-state index is 10.9. The molecule has 0 unspecified atom stereocenters. The molecule has 1 aromatic carbocycles. The van der Waals surface area contributed by atoms with Crippen molar-refractivity contribution in [3.05, 3.63) is 38.3 Å². The highest BCUT2D eigenvalue weighted by atomic mass is 79.9. The second-order valence-corrected chi connectivity index (χ2v) is 5.55. The van der Waals surface area contributed by atoms with Crippen molar-refractivity contribution in [2.24, 2.45) is 5.92 Å². The Morgan fingerprint density at radius 1 is 1.42 bits per heavy atom. The summed E-state index contributed by atoms with van der Waals surface area (Å²) in [5, 5.41) is 10.9. The van der Waals surface area contributed by atoms with Gasteiger partial charge in [-0.2, -0.15) is 0 Å². The van der Waals surface area contributed by atoms with E-state index in [2.05, 4.69) is 20.8 Å². The Kier molecular flexibility index (Phi) is 4.66. The third kappa shape index (κ3) is 3.39. The van der Waals surface area contributed by atoms with E-state index in [1.807, 2.05) is 6.07 Å². The molecule has 6 heteroatoms. The van der Waals surface area contributed by atoms with E-state index in [1.54, 1.807) is 6.07 Å². The molecule has 2 rings (SSSR count). The SMILES string of the molecule is O=CC1CCN(Cc2cccc([N+](=O)[O-])c2Br)CC1. The lowest BCUT2D eigenvalue weighted by atomic mass is 9.98. The summed E-state index contributed by atoms with van der Waals surface area (Å²) >= 11 is 3.31. The number of hydrogen-bond acceptors (Lipinski definition) is 4. The van der Waals surface area contributed by atoms with E-state index in [-0.39, 0.29) is 16.5 Å². The van der Waals surface area contributed by atoms with Crippen LogP contribution in [0.1, 0.15) is 18.4 Å². The van der Waals surface area contributed by atoms with Gasteiger partial charge < -0.3 is 4.79 Å². The van der Waals surface area contributed by atoms with Gasteiger partial charge in [0.25, 0.3) is 5.69 Å². The number of nitro benzene ring substituents is 1. The van der Waals surface area contributed by atoms with Gasteiger partial charge in [0.2, 0.25) is 0 Å². The van der Waals surface area contributed by atoms with E-state index in [4.69, 9.17) is 0 Å². The summed E-state index contributed by atoms with van der Waals surface area (Å²) in [6.07, 6.45) is 2.77. The summed E-state index contributed by atoms with van der Waals surface area (Å²) in [6.45, 7) is 2.39. The molecule has 0 spiro atoms. The number of nitrogens with zero attached hydrogens (tertiary/aromatic N) is 2. The molecule has 19 heavy (non-hydrogen) atoms. The van der Waals surface area contributed by atoms with Crippen molar-refractivity contribution < 1.29 is 9.72 Å². The zero-order valence-electron chi connectivity index (χ0n) is 10.4. The van der Waals surface area contributed by atoms with Crippen molar-refractivity contribution in [3.63, 3.8) is 0 Å². The molecule has 0 aliphatic carbocycles. The molecule has 1 aliphatic heterocycles. The minimum Gasteiger partial charge on any atom is -0.303 e. The molecule has 1 aliphatic rings. The molecule has 0 aromatic heterocycles. The van der Waals surface area contributed by atoms with Crippen molar-refractivity contribution >= 4 is 27.9 Å². The fraction of sp³-hybridized carbons (Fsp3) is 0.462. The molecule has 5 nitrogen and oxygen atoms in total. The number of carbonyl (C=O) groups is 1. The van der Waals surface area contributed by atoms with Gasteiger partial charge in [0.05, 0.1) is 9.40 Å². The number of piperidine rings is 1.